The number of anilines is 6. The molecule has 6 heterocycles. The third kappa shape index (κ3) is 5.53. The molecule has 0 unspecified atom stereocenters. The van der Waals surface area contributed by atoms with Gasteiger partial charge < -0.3 is 28.2 Å². The van der Waals surface area contributed by atoms with Crippen molar-refractivity contribution in [1.82, 2.24) is 13.7 Å². The lowest BCUT2D eigenvalue weighted by atomic mass is 9.32. The average molecular weight is 958 g/mol. The first-order chi connectivity index (χ1) is 37.0. The first-order valence-corrected chi connectivity index (χ1v) is 25.9. The fraction of sp³-hybridized carbons (Fsp3) is 0.0294. The summed E-state index contributed by atoms with van der Waals surface area (Å²) in [6.07, 6.45) is 0. The smallest absolute Gasteiger partial charge is 0.261 e. The van der Waals surface area contributed by atoms with Crippen molar-refractivity contribution in [2.45, 2.75) is 13.8 Å². The fourth-order valence-electron chi connectivity index (χ4n) is 13.3. The van der Waals surface area contributed by atoms with Crippen molar-refractivity contribution in [1.29, 1.82) is 0 Å². The van der Waals surface area contributed by atoms with E-state index in [9.17, 15) is 0 Å². The molecule has 0 atom stereocenters. The summed E-state index contributed by atoms with van der Waals surface area (Å²) in [7, 11) is 0. The van der Waals surface area contributed by atoms with Gasteiger partial charge in [0, 0.05) is 78.6 Å². The van der Waals surface area contributed by atoms with Gasteiger partial charge in [-0.25, -0.2) is 0 Å². The SMILES string of the molecule is Cc1ccc(N2c3cc(-n4c5ccccc5c5ccccc54)cc4c3B3c5c(cc(-n6c7ccccc7c7ccccc76)cc5N(c5ccc(C)cc5)c5cc(-n6c7ccccc7c7ccccc76)cc2c53)O4)cc1. The zero-order valence-electron chi connectivity index (χ0n) is 41.2. The molecule has 0 fully saturated rings. The van der Waals surface area contributed by atoms with E-state index in [0.717, 1.165) is 84.8 Å². The molecule has 11 aromatic carbocycles. The van der Waals surface area contributed by atoms with Crippen LogP contribution in [0.1, 0.15) is 11.1 Å². The van der Waals surface area contributed by atoms with Crippen LogP contribution in [-0.2, 0) is 0 Å². The minimum absolute atomic E-state index is 0.159. The topological polar surface area (TPSA) is 30.5 Å². The van der Waals surface area contributed by atoms with Crippen molar-refractivity contribution in [3.05, 3.63) is 242 Å². The van der Waals surface area contributed by atoms with Crippen LogP contribution in [0.4, 0.5) is 34.1 Å². The number of hydrogen-bond acceptors (Lipinski definition) is 3. The zero-order valence-corrected chi connectivity index (χ0v) is 41.2. The van der Waals surface area contributed by atoms with Gasteiger partial charge in [0.05, 0.1) is 50.2 Å². The van der Waals surface area contributed by atoms with Gasteiger partial charge in [0.25, 0.3) is 6.71 Å². The van der Waals surface area contributed by atoms with Crippen molar-refractivity contribution in [2.24, 2.45) is 0 Å². The van der Waals surface area contributed by atoms with E-state index in [1.165, 1.54) is 70.9 Å². The summed E-state index contributed by atoms with van der Waals surface area (Å²) in [4.78, 5) is 5.06. The molecule has 0 N–H and O–H groups in total. The van der Waals surface area contributed by atoms with Crippen molar-refractivity contribution < 1.29 is 4.74 Å². The highest BCUT2D eigenvalue weighted by Gasteiger charge is 2.49. The Labute approximate surface area is 432 Å². The van der Waals surface area contributed by atoms with E-state index in [2.05, 4.69) is 268 Å². The molecule has 0 bridgehead atoms. The van der Waals surface area contributed by atoms with Crippen LogP contribution < -0.4 is 30.9 Å². The minimum Gasteiger partial charge on any atom is -0.458 e. The Balaban J connectivity index is 1.04. The summed E-state index contributed by atoms with van der Waals surface area (Å²) in [5.74, 6) is 1.72. The van der Waals surface area contributed by atoms with E-state index in [1.807, 2.05) is 0 Å². The van der Waals surface area contributed by atoms with Crippen molar-refractivity contribution >= 4 is 123 Å². The van der Waals surface area contributed by atoms with Crippen LogP contribution in [0.3, 0.4) is 0 Å². The minimum atomic E-state index is -0.159. The van der Waals surface area contributed by atoms with Gasteiger partial charge >= 0.3 is 0 Å². The average Bonchev–Trinajstić information content (AvgIpc) is 4.13. The molecule has 7 heteroatoms. The first-order valence-electron chi connectivity index (χ1n) is 25.9. The first kappa shape index (κ1) is 40.8. The molecule has 14 aromatic rings. The second-order valence-electron chi connectivity index (χ2n) is 20.6. The highest BCUT2D eigenvalue weighted by Crippen LogP contribution is 2.51. The predicted molar refractivity (Wildman–Crippen MR) is 313 cm³/mol. The molecule has 17 rings (SSSR count). The monoisotopic (exact) mass is 957 g/mol. The summed E-state index contributed by atoms with van der Waals surface area (Å²) in [6.45, 7) is 4.18. The van der Waals surface area contributed by atoms with E-state index in [-0.39, 0.29) is 6.71 Å². The molecule has 3 aliphatic rings. The second kappa shape index (κ2) is 14.9. The third-order valence-corrected chi connectivity index (χ3v) is 16.5. The highest BCUT2D eigenvalue weighted by atomic mass is 16.5. The van der Waals surface area contributed by atoms with E-state index < -0.39 is 0 Å². The molecule has 0 aliphatic carbocycles. The molecule has 350 valence electrons. The quantitative estimate of drug-likeness (QED) is 0.161. The molecule has 0 spiro atoms. The maximum Gasteiger partial charge on any atom is 0.261 e. The van der Waals surface area contributed by atoms with Gasteiger partial charge in [0.2, 0.25) is 0 Å². The molecule has 0 saturated carbocycles. The Hall–Kier alpha value is -9.72. The highest BCUT2D eigenvalue weighted by molar-refractivity contribution is 7.01. The Morgan fingerprint density at radius 3 is 0.853 bits per heavy atom. The summed E-state index contributed by atoms with van der Waals surface area (Å²) in [5.41, 5.74) is 22.8. The molecule has 3 aromatic heterocycles. The predicted octanol–water partition coefficient (Wildman–Crippen LogP) is 15.8. The largest absolute Gasteiger partial charge is 0.458 e. The number of fused-ring (bicyclic) bond motifs is 9. The standard InChI is InChI=1S/C68H44BN5O/c1-41-27-31-43(32-28-41)70-60-35-45(72-54-21-9-3-15-48(54)49-16-4-10-22-55(49)72)36-61-66(60)69-67-62(70)37-46(73-56-23-11-5-17-50(56)51-18-6-12-24-57(51)73)39-64(67)75-65-40-47(38-63(68(65)69)71(61)44-33-29-42(2)30-34-44)74-58-25-13-7-19-52(58)53-20-8-14-26-59(53)74/h3-40H,1-2H3. The Morgan fingerprint density at radius 1 is 0.280 bits per heavy atom. The van der Waals surface area contributed by atoms with Crippen molar-refractivity contribution in [3.63, 3.8) is 0 Å². The summed E-state index contributed by atoms with van der Waals surface area (Å²) < 4.78 is 15.0. The number of benzene rings is 11. The van der Waals surface area contributed by atoms with Crippen LogP contribution in [0.2, 0.25) is 0 Å². The van der Waals surface area contributed by atoms with Crippen LogP contribution in [0, 0.1) is 13.8 Å². The van der Waals surface area contributed by atoms with E-state index in [0.29, 0.717) is 0 Å². The maximum atomic E-state index is 7.68. The van der Waals surface area contributed by atoms with Crippen LogP contribution in [0.15, 0.2) is 231 Å². The number of ether oxygens (including phenoxy) is 1. The van der Waals surface area contributed by atoms with Gasteiger partial charge in [0.1, 0.15) is 11.5 Å². The fourth-order valence-corrected chi connectivity index (χ4v) is 13.3. The zero-order chi connectivity index (χ0) is 49.2. The number of para-hydroxylation sites is 6. The molecule has 6 nitrogen and oxygen atoms in total. The summed E-state index contributed by atoms with van der Waals surface area (Å²) in [6, 6.07) is 85.4. The van der Waals surface area contributed by atoms with Gasteiger partial charge in [-0.2, -0.15) is 0 Å². The maximum absolute atomic E-state index is 7.68. The van der Waals surface area contributed by atoms with E-state index in [1.54, 1.807) is 0 Å². The number of rotatable bonds is 5. The molecular formula is C68H44BN5O. The number of aromatic nitrogens is 3. The number of aryl methyl sites for hydroxylation is 2. The van der Waals surface area contributed by atoms with E-state index in [4.69, 9.17) is 4.74 Å². The molecule has 0 amide bonds. The van der Waals surface area contributed by atoms with Gasteiger partial charge in [-0.15, -0.1) is 0 Å². The van der Waals surface area contributed by atoms with Crippen molar-refractivity contribution in [3.8, 4) is 28.6 Å². The Bertz CT molecular complexity index is 4390. The Morgan fingerprint density at radius 2 is 0.547 bits per heavy atom. The molecular weight excluding hydrogens is 914 g/mol. The van der Waals surface area contributed by atoms with Gasteiger partial charge in [-0.1, -0.05) is 145 Å². The normalized spacial score (nSPS) is 13.2. The Kier molecular flexibility index (Phi) is 8.13. The van der Waals surface area contributed by atoms with Crippen LogP contribution >= 0.6 is 0 Å². The molecule has 0 radical (unpaired) electrons. The molecule has 3 aliphatic heterocycles. The summed E-state index contributed by atoms with van der Waals surface area (Å²) >= 11 is 0. The number of nitrogens with zero attached hydrogens (tertiary/aromatic N) is 5. The van der Waals surface area contributed by atoms with Crippen LogP contribution in [0.25, 0.3) is 82.5 Å². The number of hydrogen-bond donors (Lipinski definition) is 0. The van der Waals surface area contributed by atoms with Gasteiger partial charge in [-0.05, 0) is 115 Å². The summed E-state index contributed by atoms with van der Waals surface area (Å²) in [5, 5.41) is 7.33. The second-order valence-corrected chi connectivity index (χ2v) is 20.6. The lowest BCUT2D eigenvalue weighted by Gasteiger charge is -2.47. The van der Waals surface area contributed by atoms with Gasteiger partial charge in [0.15, 0.2) is 0 Å². The van der Waals surface area contributed by atoms with Crippen LogP contribution in [-0.4, -0.2) is 20.4 Å². The molecule has 75 heavy (non-hydrogen) atoms. The van der Waals surface area contributed by atoms with Gasteiger partial charge in [-0.3, -0.25) is 0 Å². The van der Waals surface area contributed by atoms with Crippen LogP contribution in [0.5, 0.6) is 11.5 Å². The third-order valence-electron chi connectivity index (χ3n) is 16.5. The van der Waals surface area contributed by atoms with E-state index >= 15 is 0 Å². The lowest BCUT2D eigenvalue weighted by molar-refractivity contribution is 0.487. The van der Waals surface area contributed by atoms with Crippen molar-refractivity contribution in [2.75, 3.05) is 9.80 Å². The molecule has 0 saturated heterocycles. The lowest BCUT2D eigenvalue weighted by Crippen LogP contribution is -2.63.